The van der Waals surface area contributed by atoms with E-state index in [0.29, 0.717) is 23.1 Å². The molecule has 1 aromatic carbocycles. The zero-order valence-electron chi connectivity index (χ0n) is 10.1. The number of methoxy groups -OCH3 is 2. The first-order chi connectivity index (χ1) is 8.12. The second-order valence-corrected chi connectivity index (χ2v) is 4.57. The topological polar surface area (TPSA) is 27.7 Å². The molecule has 0 spiro atoms. The molecule has 1 rings (SSSR count). The molecule has 17 heavy (non-hydrogen) atoms. The average molecular weight is 324 g/mol. The standard InChI is InChI=1S/C12H16BrClO3/c1-8(15-2)7-17-12-10(14)4-9(6-13)5-11(12)16-3/h4-5,8H,6-7H2,1-3H3. The Kier molecular flexibility index (Phi) is 6.09. The number of benzene rings is 1. The third kappa shape index (κ3) is 4.05. The SMILES string of the molecule is COc1cc(CBr)cc(Cl)c1OCC(C)OC. The van der Waals surface area contributed by atoms with Crippen molar-refractivity contribution in [2.24, 2.45) is 0 Å². The summed E-state index contributed by atoms with van der Waals surface area (Å²) in [6.07, 6.45) is 0.00613. The van der Waals surface area contributed by atoms with Crippen molar-refractivity contribution < 1.29 is 14.2 Å². The molecule has 0 fully saturated rings. The van der Waals surface area contributed by atoms with Crippen LogP contribution in [0.25, 0.3) is 0 Å². The predicted molar refractivity (Wildman–Crippen MR) is 72.6 cm³/mol. The number of alkyl halides is 1. The van der Waals surface area contributed by atoms with E-state index in [-0.39, 0.29) is 6.10 Å². The highest BCUT2D eigenvalue weighted by Crippen LogP contribution is 2.37. The van der Waals surface area contributed by atoms with E-state index in [0.717, 1.165) is 10.9 Å². The van der Waals surface area contributed by atoms with Crippen molar-refractivity contribution in [2.75, 3.05) is 20.8 Å². The van der Waals surface area contributed by atoms with Crippen LogP contribution in [0.2, 0.25) is 5.02 Å². The second kappa shape index (κ2) is 7.09. The monoisotopic (exact) mass is 322 g/mol. The first-order valence-electron chi connectivity index (χ1n) is 5.20. The Balaban J connectivity index is 2.89. The normalized spacial score (nSPS) is 12.3. The summed E-state index contributed by atoms with van der Waals surface area (Å²) in [5.74, 6) is 1.19. The lowest BCUT2D eigenvalue weighted by Crippen LogP contribution is -2.16. The lowest BCUT2D eigenvalue weighted by Gasteiger charge is -2.16. The van der Waals surface area contributed by atoms with Gasteiger partial charge >= 0.3 is 0 Å². The fourth-order valence-electron chi connectivity index (χ4n) is 1.26. The zero-order chi connectivity index (χ0) is 12.8. The minimum absolute atomic E-state index is 0.00613. The van der Waals surface area contributed by atoms with Gasteiger partial charge in [-0.2, -0.15) is 0 Å². The van der Waals surface area contributed by atoms with Crippen LogP contribution in [0, 0.1) is 0 Å². The first-order valence-corrected chi connectivity index (χ1v) is 6.70. The smallest absolute Gasteiger partial charge is 0.179 e. The van der Waals surface area contributed by atoms with Crippen molar-refractivity contribution >= 4 is 27.5 Å². The number of halogens is 2. The van der Waals surface area contributed by atoms with Crippen LogP contribution in [0.4, 0.5) is 0 Å². The van der Waals surface area contributed by atoms with Gasteiger partial charge in [-0.3, -0.25) is 0 Å². The second-order valence-electron chi connectivity index (χ2n) is 3.60. The fourth-order valence-corrected chi connectivity index (χ4v) is 1.87. The molecule has 5 heteroatoms. The molecule has 0 saturated heterocycles. The third-order valence-corrected chi connectivity index (χ3v) is 3.24. The molecule has 0 aliphatic rings. The lowest BCUT2D eigenvalue weighted by molar-refractivity contribution is 0.0706. The van der Waals surface area contributed by atoms with E-state index in [1.165, 1.54) is 0 Å². The maximum atomic E-state index is 6.15. The van der Waals surface area contributed by atoms with Crippen LogP contribution in [0.5, 0.6) is 11.5 Å². The highest BCUT2D eigenvalue weighted by atomic mass is 79.9. The van der Waals surface area contributed by atoms with Crippen LogP contribution in [-0.4, -0.2) is 26.9 Å². The van der Waals surface area contributed by atoms with Gasteiger partial charge in [0, 0.05) is 12.4 Å². The van der Waals surface area contributed by atoms with E-state index < -0.39 is 0 Å². The number of hydrogen-bond donors (Lipinski definition) is 0. The summed E-state index contributed by atoms with van der Waals surface area (Å²) in [5, 5.41) is 1.26. The van der Waals surface area contributed by atoms with E-state index in [1.54, 1.807) is 14.2 Å². The van der Waals surface area contributed by atoms with Crippen molar-refractivity contribution in [1.82, 2.24) is 0 Å². The molecular formula is C12H16BrClO3. The van der Waals surface area contributed by atoms with Gasteiger partial charge in [-0.25, -0.2) is 0 Å². The minimum atomic E-state index is 0.00613. The van der Waals surface area contributed by atoms with Crippen LogP contribution in [0.3, 0.4) is 0 Å². The van der Waals surface area contributed by atoms with Crippen molar-refractivity contribution in [2.45, 2.75) is 18.4 Å². The van der Waals surface area contributed by atoms with Crippen molar-refractivity contribution in [3.63, 3.8) is 0 Å². The molecule has 0 heterocycles. The molecule has 0 bridgehead atoms. The number of hydrogen-bond acceptors (Lipinski definition) is 3. The molecule has 1 aromatic rings. The van der Waals surface area contributed by atoms with Gasteiger partial charge in [-0.15, -0.1) is 0 Å². The molecule has 0 N–H and O–H groups in total. The van der Waals surface area contributed by atoms with Gasteiger partial charge in [0.05, 0.1) is 18.2 Å². The van der Waals surface area contributed by atoms with Crippen molar-refractivity contribution in [3.8, 4) is 11.5 Å². The van der Waals surface area contributed by atoms with E-state index in [4.69, 9.17) is 25.8 Å². The first kappa shape index (κ1) is 14.6. The molecule has 0 aliphatic carbocycles. The van der Waals surface area contributed by atoms with Gasteiger partial charge in [0.15, 0.2) is 11.5 Å². The highest BCUT2D eigenvalue weighted by Gasteiger charge is 2.13. The van der Waals surface area contributed by atoms with Crippen LogP contribution < -0.4 is 9.47 Å². The summed E-state index contributed by atoms with van der Waals surface area (Å²) in [7, 11) is 3.23. The van der Waals surface area contributed by atoms with Gasteiger partial charge in [0.1, 0.15) is 6.61 Å². The van der Waals surface area contributed by atoms with Gasteiger partial charge < -0.3 is 14.2 Å². The molecule has 0 saturated carbocycles. The molecule has 96 valence electrons. The Morgan fingerprint density at radius 1 is 1.35 bits per heavy atom. The Morgan fingerprint density at radius 2 is 2.06 bits per heavy atom. The summed E-state index contributed by atoms with van der Waals surface area (Å²) in [6.45, 7) is 2.35. The average Bonchev–Trinajstić information content (AvgIpc) is 2.35. The maximum Gasteiger partial charge on any atom is 0.179 e. The molecule has 0 aliphatic heterocycles. The van der Waals surface area contributed by atoms with Gasteiger partial charge in [0.2, 0.25) is 0 Å². The zero-order valence-corrected chi connectivity index (χ0v) is 12.5. The maximum absolute atomic E-state index is 6.15. The van der Waals surface area contributed by atoms with Gasteiger partial charge in [-0.05, 0) is 24.6 Å². The molecule has 0 aromatic heterocycles. The summed E-state index contributed by atoms with van der Waals surface area (Å²) >= 11 is 9.53. The molecule has 0 radical (unpaired) electrons. The fraction of sp³-hybridized carbons (Fsp3) is 0.500. The van der Waals surface area contributed by atoms with Crippen molar-refractivity contribution in [1.29, 1.82) is 0 Å². The number of ether oxygens (including phenoxy) is 3. The van der Waals surface area contributed by atoms with Crippen LogP contribution >= 0.6 is 27.5 Å². The highest BCUT2D eigenvalue weighted by molar-refractivity contribution is 9.08. The summed E-state index contributed by atoms with van der Waals surface area (Å²) in [5.41, 5.74) is 1.04. The molecule has 1 atom stereocenters. The largest absolute Gasteiger partial charge is 0.493 e. The molecule has 0 amide bonds. The van der Waals surface area contributed by atoms with E-state index in [9.17, 15) is 0 Å². The van der Waals surface area contributed by atoms with E-state index >= 15 is 0 Å². The van der Waals surface area contributed by atoms with Crippen LogP contribution in [0.15, 0.2) is 12.1 Å². The Bertz CT molecular complexity index is 371. The third-order valence-electron chi connectivity index (χ3n) is 2.31. The Hall–Kier alpha value is -0.450. The molecule has 1 unspecified atom stereocenters. The Labute approximate surface area is 115 Å². The lowest BCUT2D eigenvalue weighted by atomic mass is 10.2. The minimum Gasteiger partial charge on any atom is -0.493 e. The summed E-state index contributed by atoms with van der Waals surface area (Å²) < 4.78 is 16.0. The van der Waals surface area contributed by atoms with Crippen LogP contribution in [-0.2, 0) is 10.1 Å². The quantitative estimate of drug-likeness (QED) is 0.748. The Morgan fingerprint density at radius 3 is 2.59 bits per heavy atom. The van der Waals surface area contributed by atoms with E-state index in [2.05, 4.69) is 15.9 Å². The van der Waals surface area contributed by atoms with Crippen molar-refractivity contribution in [3.05, 3.63) is 22.7 Å². The van der Waals surface area contributed by atoms with E-state index in [1.807, 2.05) is 19.1 Å². The molecule has 3 nitrogen and oxygen atoms in total. The van der Waals surface area contributed by atoms with Crippen LogP contribution in [0.1, 0.15) is 12.5 Å². The van der Waals surface area contributed by atoms with Gasteiger partial charge in [0.25, 0.3) is 0 Å². The summed E-state index contributed by atoms with van der Waals surface area (Å²) in [4.78, 5) is 0. The van der Waals surface area contributed by atoms with Gasteiger partial charge in [-0.1, -0.05) is 27.5 Å². The predicted octanol–water partition coefficient (Wildman–Crippen LogP) is 3.66. The summed E-state index contributed by atoms with van der Waals surface area (Å²) in [6, 6.07) is 3.75. The molecular weight excluding hydrogens is 307 g/mol. The number of rotatable bonds is 6.